The number of carbonyl (C=O) groups excluding carboxylic acids is 1. The van der Waals surface area contributed by atoms with Crippen LogP contribution in [0.2, 0.25) is 0 Å². The van der Waals surface area contributed by atoms with E-state index in [9.17, 15) is 13.2 Å². The molecule has 0 bridgehead atoms. The van der Waals surface area contributed by atoms with Crippen molar-refractivity contribution in [3.05, 3.63) is 90.8 Å². The monoisotopic (exact) mass is 447 g/mol. The maximum Gasteiger partial charge on any atom is 0.238 e. The lowest BCUT2D eigenvalue weighted by molar-refractivity contribution is -0.116. The van der Waals surface area contributed by atoms with Crippen molar-refractivity contribution in [1.82, 2.24) is 4.98 Å². The summed E-state index contributed by atoms with van der Waals surface area (Å²) < 4.78 is 29.0. The number of sulfonamides is 1. The van der Waals surface area contributed by atoms with Gasteiger partial charge in [-0.2, -0.15) is 0 Å². The number of nitrogens with two attached hydrogens (primary N) is 1. The summed E-state index contributed by atoms with van der Waals surface area (Å²) in [6.07, 6.45) is 0.399. The minimum Gasteiger partial charge on any atom is -0.440 e. The highest BCUT2D eigenvalue weighted by Crippen LogP contribution is 2.32. The second-order valence-corrected chi connectivity index (χ2v) is 8.70. The van der Waals surface area contributed by atoms with Gasteiger partial charge >= 0.3 is 0 Å². The van der Waals surface area contributed by atoms with Crippen molar-refractivity contribution in [1.29, 1.82) is 0 Å². The molecule has 162 valence electrons. The summed E-state index contributed by atoms with van der Waals surface area (Å²) >= 11 is 0. The molecule has 32 heavy (non-hydrogen) atoms. The SMILES string of the molecule is NS(=O)(=O)c1cccc(NC(=O)CCc2nc(-c3ccccc3)c(-c3ccccc3)o2)c1. The molecule has 0 saturated heterocycles. The largest absolute Gasteiger partial charge is 0.440 e. The molecule has 0 aliphatic heterocycles. The minimum atomic E-state index is -3.85. The van der Waals surface area contributed by atoms with Crippen molar-refractivity contribution in [3.8, 4) is 22.6 Å². The molecule has 3 N–H and O–H groups in total. The number of hydrogen-bond donors (Lipinski definition) is 2. The van der Waals surface area contributed by atoms with Gasteiger partial charge in [-0.25, -0.2) is 18.5 Å². The molecule has 1 aromatic heterocycles. The molecular weight excluding hydrogens is 426 g/mol. The van der Waals surface area contributed by atoms with Gasteiger partial charge in [0, 0.05) is 29.7 Å². The molecule has 0 aliphatic carbocycles. The average molecular weight is 448 g/mol. The Morgan fingerprint density at radius 3 is 2.22 bits per heavy atom. The molecule has 1 amide bonds. The van der Waals surface area contributed by atoms with Gasteiger partial charge in [0.15, 0.2) is 11.7 Å². The molecule has 0 saturated carbocycles. The number of carbonyl (C=O) groups is 1. The van der Waals surface area contributed by atoms with Crippen LogP contribution in [0.1, 0.15) is 12.3 Å². The minimum absolute atomic E-state index is 0.0667. The van der Waals surface area contributed by atoms with E-state index in [2.05, 4.69) is 10.3 Å². The van der Waals surface area contributed by atoms with Crippen LogP contribution in [0.5, 0.6) is 0 Å². The maximum atomic E-state index is 12.4. The number of hydrogen-bond acceptors (Lipinski definition) is 5. The summed E-state index contributed by atoms with van der Waals surface area (Å²) in [5, 5.41) is 7.82. The number of nitrogens with one attached hydrogen (secondary N) is 1. The highest BCUT2D eigenvalue weighted by atomic mass is 32.2. The van der Waals surface area contributed by atoms with Gasteiger partial charge in [0.25, 0.3) is 0 Å². The highest BCUT2D eigenvalue weighted by molar-refractivity contribution is 7.89. The number of rotatable bonds is 7. The van der Waals surface area contributed by atoms with E-state index in [1.54, 1.807) is 6.07 Å². The van der Waals surface area contributed by atoms with Crippen LogP contribution in [-0.2, 0) is 21.2 Å². The van der Waals surface area contributed by atoms with E-state index in [-0.39, 0.29) is 23.6 Å². The van der Waals surface area contributed by atoms with Crippen molar-refractivity contribution in [2.45, 2.75) is 17.7 Å². The summed E-state index contributed by atoms with van der Waals surface area (Å²) in [4.78, 5) is 17.0. The lowest BCUT2D eigenvalue weighted by Crippen LogP contribution is -2.15. The van der Waals surface area contributed by atoms with Crippen molar-refractivity contribution < 1.29 is 17.6 Å². The van der Waals surface area contributed by atoms with Gasteiger partial charge in [-0.05, 0) is 18.2 Å². The molecule has 0 atom stereocenters. The van der Waals surface area contributed by atoms with Crippen LogP contribution >= 0.6 is 0 Å². The summed E-state index contributed by atoms with van der Waals surface area (Å²) in [6.45, 7) is 0. The Labute approximate surface area is 186 Å². The van der Waals surface area contributed by atoms with E-state index in [4.69, 9.17) is 9.56 Å². The molecule has 0 unspecified atom stereocenters. The zero-order chi connectivity index (χ0) is 22.6. The van der Waals surface area contributed by atoms with Gasteiger partial charge in [0.05, 0.1) is 4.90 Å². The van der Waals surface area contributed by atoms with Crippen LogP contribution < -0.4 is 10.5 Å². The van der Waals surface area contributed by atoms with Crippen LogP contribution in [0.3, 0.4) is 0 Å². The summed E-state index contributed by atoms with van der Waals surface area (Å²) in [6, 6.07) is 25.2. The molecule has 4 aromatic rings. The third kappa shape index (κ3) is 5.11. The van der Waals surface area contributed by atoms with Gasteiger partial charge in [-0.1, -0.05) is 66.7 Å². The fourth-order valence-corrected chi connectivity index (χ4v) is 3.80. The van der Waals surface area contributed by atoms with Gasteiger partial charge in [-0.3, -0.25) is 4.79 Å². The van der Waals surface area contributed by atoms with E-state index in [1.165, 1.54) is 18.2 Å². The van der Waals surface area contributed by atoms with E-state index in [1.807, 2.05) is 60.7 Å². The number of aromatic nitrogens is 1. The molecule has 7 nitrogen and oxygen atoms in total. The lowest BCUT2D eigenvalue weighted by Gasteiger charge is -2.06. The number of benzene rings is 3. The summed E-state index contributed by atoms with van der Waals surface area (Å²) in [5.74, 6) is 0.793. The molecule has 0 radical (unpaired) electrons. The first-order valence-electron chi connectivity index (χ1n) is 9.93. The Morgan fingerprint density at radius 2 is 1.56 bits per heavy atom. The first kappa shape index (κ1) is 21.5. The highest BCUT2D eigenvalue weighted by Gasteiger charge is 2.17. The first-order chi connectivity index (χ1) is 15.4. The molecule has 0 aliphatic rings. The Bertz CT molecular complexity index is 1280. The zero-order valence-electron chi connectivity index (χ0n) is 17.1. The molecule has 1 heterocycles. The second kappa shape index (κ2) is 9.17. The van der Waals surface area contributed by atoms with Crippen molar-refractivity contribution in [3.63, 3.8) is 0 Å². The van der Waals surface area contributed by atoms with Crippen LogP contribution in [0.4, 0.5) is 5.69 Å². The molecule has 0 spiro atoms. The number of aryl methyl sites for hydroxylation is 1. The smallest absolute Gasteiger partial charge is 0.238 e. The molecular formula is C24H21N3O4S. The number of anilines is 1. The summed E-state index contributed by atoms with van der Waals surface area (Å²) in [5.41, 5.74) is 2.89. The zero-order valence-corrected chi connectivity index (χ0v) is 17.9. The van der Waals surface area contributed by atoms with Crippen molar-refractivity contribution >= 4 is 21.6 Å². The fraction of sp³-hybridized carbons (Fsp3) is 0.0833. The normalized spacial score (nSPS) is 11.3. The van der Waals surface area contributed by atoms with Crippen LogP contribution in [-0.4, -0.2) is 19.3 Å². The third-order valence-electron chi connectivity index (χ3n) is 4.77. The quantitative estimate of drug-likeness (QED) is 0.440. The Morgan fingerprint density at radius 1 is 0.906 bits per heavy atom. The van der Waals surface area contributed by atoms with Crippen molar-refractivity contribution in [2.75, 3.05) is 5.32 Å². The van der Waals surface area contributed by atoms with Crippen LogP contribution in [0.25, 0.3) is 22.6 Å². The Balaban J connectivity index is 1.51. The lowest BCUT2D eigenvalue weighted by atomic mass is 10.1. The van der Waals surface area contributed by atoms with E-state index >= 15 is 0 Å². The fourth-order valence-electron chi connectivity index (χ4n) is 3.24. The first-order valence-corrected chi connectivity index (χ1v) is 11.5. The average Bonchev–Trinajstić information content (AvgIpc) is 3.23. The molecule has 0 fully saturated rings. The van der Waals surface area contributed by atoms with Crippen molar-refractivity contribution in [2.24, 2.45) is 5.14 Å². The number of amides is 1. The Hall–Kier alpha value is -3.75. The molecule has 8 heteroatoms. The second-order valence-electron chi connectivity index (χ2n) is 7.14. The van der Waals surface area contributed by atoms with E-state index < -0.39 is 10.0 Å². The predicted octanol–water partition coefficient (Wildman–Crippen LogP) is 4.23. The Kier molecular flexibility index (Phi) is 6.16. The van der Waals surface area contributed by atoms with Crippen LogP contribution in [0, 0.1) is 0 Å². The van der Waals surface area contributed by atoms with Gasteiger partial charge in [0.2, 0.25) is 15.9 Å². The number of oxazole rings is 1. The third-order valence-corrected chi connectivity index (χ3v) is 5.68. The molecule has 3 aromatic carbocycles. The standard InChI is InChI=1S/C24H21N3O4S/c25-32(29,30)20-13-7-12-19(16-20)26-21(28)14-15-22-27-23(17-8-3-1-4-9-17)24(31-22)18-10-5-2-6-11-18/h1-13,16H,14-15H2,(H,26,28)(H2,25,29,30). The topological polar surface area (TPSA) is 115 Å². The van der Waals surface area contributed by atoms with Crippen LogP contribution in [0.15, 0.2) is 94.2 Å². The van der Waals surface area contributed by atoms with Gasteiger partial charge < -0.3 is 9.73 Å². The number of primary sulfonamides is 1. The predicted molar refractivity (Wildman–Crippen MR) is 122 cm³/mol. The van der Waals surface area contributed by atoms with Gasteiger partial charge in [0.1, 0.15) is 5.69 Å². The number of nitrogens with zero attached hydrogens (tertiary/aromatic N) is 1. The molecule has 4 rings (SSSR count). The summed E-state index contributed by atoms with van der Waals surface area (Å²) in [7, 11) is -3.85. The maximum absolute atomic E-state index is 12.4. The van der Waals surface area contributed by atoms with E-state index in [0.29, 0.717) is 23.0 Å². The van der Waals surface area contributed by atoms with Gasteiger partial charge in [-0.15, -0.1) is 0 Å². The van der Waals surface area contributed by atoms with E-state index in [0.717, 1.165) is 11.1 Å².